The molecular formula is C22H28N2O4. The van der Waals surface area contributed by atoms with Crippen molar-refractivity contribution in [1.82, 2.24) is 10.6 Å². The highest BCUT2D eigenvalue weighted by atomic mass is 16.5. The Bertz CT molecular complexity index is 698. The molecule has 4 aliphatic rings. The van der Waals surface area contributed by atoms with Crippen LogP contribution in [0.3, 0.4) is 0 Å². The Kier molecular flexibility index (Phi) is 6.07. The van der Waals surface area contributed by atoms with Crippen molar-refractivity contribution < 1.29 is 19.1 Å². The van der Waals surface area contributed by atoms with Crippen molar-refractivity contribution >= 4 is 11.8 Å². The van der Waals surface area contributed by atoms with Crippen molar-refractivity contribution in [2.45, 2.75) is 63.6 Å². The van der Waals surface area contributed by atoms with Gasteiger partial charge < -0.3 is 20.1 Å². The first-order valence-electron chi connectivity index (χ1n) is 10.3. The normalized spacial score (nSPS) is 26.7. The number of nitrogens with one attached hydrogen (secondary N) is 2. The van der Waals surface area contributed by atoms with Gasteiger partial charge in [0, 0.05) is 50.3 Å². The van der Waals surface area contributed by atoms with E-state index in [0.717, 1.165) is 49.9 Å². The Hall–Kier alpha value is -2.18. The Balaban J connectivity index is 1.10. The predicted octanol–water partition coefficient (Wildman–Crippen LogP) is 2.79. The zero-order valence-corrected chi connectivity index (χ0v) is 16.2. The van der Waals surface area contributed by atoms with Crippen LogP contribution in [0, 0.1) is 0 Å². The summed E-state index contributed by atoms with van der Waals surface area (Å²) in [5, 5.41) is 5.94. The van der Waals surface area contributed by atoms with Crippen LogP contribution < -0.4 is 10.6 Å². The van der Waals surface area contributed by atoms with E-state index < -0.39 is 0 Å². The van der Waals surface area contributed by atoms with E-state index in [1.54, 1.807) is 0 Å². The molecule has 2 atom stereocenters. The molecule has 28 heavy (non-hydrogen) atoms. The van der Waals surface area contributed by atoms with Crippen LogP contribution in [0.5, 0.6) is 0 Å². The van der Waals surface area contributed by atoms with Crippen LogP contribution in [-0.4, -0.2) is 37.2 Å². The van der Waals surface area contributed by atoms with Crippen molar-refractivity contribution in [2.75, 3.05) is 13.2 Å². The first-order valence-corrected chi connectivity index (χ1v) is 10.3. The highest BCUT2D eigenvalue weighted by Crippen LogP contribution is 2.27. The quantitative estimate of drug-likeness (QED) is 0.662. The van der Waals surface area contributed by atoms with Gasteiger partial charge in [-0.05, 0) is 36.8 Å². The third-order valence-corrected chi connectivity index (χ3v) is 5.64. The average Bonchev–Trinajstić information content (AvgIpc) is 2.70. The number of allylic oxidation sites excluding steroid dienone is 4. The molecule has 2 N–H and O–H groups in total. The van der Waals surface area contributed by atoms with Gasteiger partial charge in [-0.1, -0.05) is 24.3 Å². The maximum atomic E-state index is 11.5. The fourth-order valence-electron chi connectivity index (χ4n) is 4.04. The third kappa shape index (κ3) is 4.80. The monoisotopic (exact) mass is 384 g/mol. The van der Waals surface area contributed by atoms with Gasteiger partial charge in [0.05, 0.1) is 12.2 Å². The summed E-state index contributed by atoms with van der Waals surface area (Å²) in [6, 6.07) is 0. The molecule has 2 aliphatic heterocycles. The zero-order chi connectivity index (χ0) is 19.3. The van der Waals surface area contributed by atoms with Gasteiger partial charge in [0.25, 0.3) is 0 Å². The van der Waals surface area contributed by atoms with E-state index in [0.29, 0.717) is 26.1 Å². The fraction of sp³-hybridized carbons (Fsp3) is 0.545. The largest absolute Gasteiger partial charge is 0.374 e. The molecule has 0 radical (unpaired) electrons. The minimum Gasteiger partial charge on any atom is -0.374 e. The smallest absolute Gasteiger partial charge is 0.224 e. The van der Waals surface area contributed by atoms with Gasteiger partial charge >= 0.3 is 0 Å². The van der Waals surface area contributed by atoms with Crippen molar-refractivity contribution in [3.8, 4) is 0 Å². The van der Waals surface area contributed by atoms with Crippen molar-refractivity contribution in [3.05, 3.63) is 46.8 Å². The molecule has 150 valence electrons. The summed E-state index contributed by atoms with van der Waals surface area (Å²) >= 11 is 0. The third-order valence-electron chi connectivity index (χ3n) is 5.64. The number of carbonyl (C=O) groups excluding carboxylic acids is 2. The molecule has 0 saturated carbocycles. The van der Waals surface area contributed by atoms with E-state index in [4.69, 9.17) is 9.47 Å². The van der Waals surface area contributed by atoms with Gasteiger partial charge in [-0.25, -0.2) is 0 Å². The Morgan fingerprint density at radius 2 is 1.21 bits per heavy atom. The van der Waals surface area contributed by atoms with Gasteiger partial charge in [0.1, 0.15) is 0 Å². The molecule has 0 spiro atoms. The first-order chi connectivity index (χ1) is 13.7. The SMILES string of the molecule is O=C1CCC2=C(C[C@H](OCCCCO[C@H]3C=CC4=C(C3)NC(=O)CC4)C=C2)N1. The molecule has 2 amide bonds. The number of rotatable bonds is 7. The molecule has 0 aromatic heterocycles. The summed E-state index contributed by atoms with van der Waals surface area (Å²) in [7, 11) is 0. The van der Waals surface area contributed by atoms with Gasteiger partial charge in [0.15, 0.2) is 0 Å². The van der Waals surface area contributed by atoms with Gasteiger partial charge in [-0.2, -0.15) is 0 Å². The van der Waals surface area contributed by atoms with E-state index >= 15 is 0 Å². The lowest BCUT2D eigenvalue weighted by molar-refractivity contribution is -0.121. The maximum absolute atomic E-state index is 11.5. The minimum absolute atomic E-state index is 0.0413. The summed E-state index contributed by atoms with van der Waals surface area (Å²) in [6.45, 7) is 1.36. The van der Waals surface area contributed by atoms with Crippen LogP contribution >= 0.6 is 0 Å². The standard InChI is InChI=1S/C22H28N2O4/c25-21-9-5-15-3-7-17(13-19(15)23-21)27-11-1-2-12-28-18-8-4-16-6-10-22(26)24-20(16)14-18/h3-4,7-8,17-18H,1-2,5-6,9-14H2,(H,23,25)(H,24,26)/t17-,18+. The van der Waals surface area contributed by atoms with Gasteiger partial charge in [-0.3, -0.25) is 9.59 Å². The molecule has 2 aliphatic carbocycles. The molecule has 0 aromatic carbocycles. The lowest BCUT2D eigenvalue weighted by Crippen LogP contribution is -2.32. The molecule has 0 saturated heterocycles. The molecule has 2 heterocycles. The van der Waals surface area contributed by atoms with Gasteiger partial charge in [-0.15, -0.1) is 0 Å². The van der Waals surface area contributed by atoms with Gasteiger partial charge in [0.2, 0.25) is 11.8 Å². The molecule has 0 unspecified atom stereocenters. The van der Waals surface area contributed by atoms with Crippen molar-refractivity contribution in [2.24, 2.45) is 0 Å². The number of unbranched alkanes of at least 4 members (excludes halogenated alkanes) is 1. The van der Waals surface area contributed by atoms with Crippen LogP contribution in [0.25, 0.3) is 0 Å². The summed E-state index contributed by atoms with van der Waals surface area (Å²) in [4.78, 5) is 23.1. The molecule has 0 aromatic rings. The molecular weight excluding hydrogens is 356 g/mol. The van der Waals surface area contributed by atoms with E-state index in [1.165, 1.54) is 11.1 Å². The highest BCUT2D eigenvalue weighted by Gasteiger charge is 2.23. The van der Waals surface area contributed by atoms with Crippen molar-refractivity contribution in [1.29, 1.82) is 0 Å². The molecule has 6 heteroatoms. The summed E-state index contributed by atoms with van der Waals surface area (Å²) in [6.07, 6.45) is 14.7. The van der Waals surface area contributed by atoms with Crippen molar-refractivity contribution in [3.63, 3.8) is 0 Å². The number of hydrogen-bond acceptors (Lipinski definition) is 4. The number of amides is 2. The van der Waals surface area contributed by atoms with E-state index in [9.17, 15) is 9.59 Å². The Morgan fingerprint density at radius 1 is 0.750 bits per heavy atom. The zero-order valence-electron chi connectivity index (χ0n) is 16.2. The molecule has 4 rings (SSSR count). The number of ether oxygens (including phenoxy) is 2. The predicted molar refractivity (Wildman–Crippen MR) is 105 cm³/mol. The number of hydrogen-bond donors (Lipinski definition) is 2. The summed E-state index contributed by atoms with van der Waals surface area (Å²) in [5.74, 6) is 0.217. The number of carbonyl (C=O) groups is 2. The maximum Gasteiger partial charge on any atom is 0.224 e. The second-order valence-electron chi connectivity index (χ2n) is 7.76. The second-order valence-corrected chi connectivity index (χ2v) is 7.76. The van der Waals surface area contributed by atoms with Crippen LogP contribution in [-0.2, 0) is 19.1 Å². The van der Waals surface area contributed by atoms with Crippen LogP contribution in [0.2, 0.25) is 0 Å². The highest BCUT2D eigenvalue weighted by molar-refractivity contribution is 5.80. The van der Waals surface area contributed by atoms with Crippen LogP contribution in [0.15, 0.2) is 46.8 Å². The Labute approximate surface area is 165 Å². The fourth-order valence-corrected chi connectivity index (χ4v) is 4.04. The molecule has 0 bridgehead atoms. The van der Waals surface area contributed by atoms with Crippen LogP contribution in [0.4, 0.5) is 0 Å². The molecule has 0 fully saturated rings. The van der Waals surface area contributed by atoms with E-state index in [-0.39, 0.29) is 24.0 Å². The first kappa shape index (κ1) is 19.2. The Morgan fingerprint density at radius 3 is 1.68 bits per heavy atom. The summed E-state index contributed by atoms with van der Waals surface area (Å²) in [5.41, 5.74) is 4.53. The second kappa shape index (κ2) is 8.88. The average molecular weight is 384 g/mol. The topological polar surface area (TPSA) is 76.7 Å². The molecule has 6 nitrogen and oxygen atoms in total. The minimum atomic E-state index is 0.0413. The lowest BCUT2D eigenvalue weighted by atomic mass is 9.94. The van der Waals surface area contributed by atoms with E-state index in [1.807, 2.05) is 0 Å². The van der Waals surface area contributed by atoms with E-state index in [2.05, 4.69) is 34.9 Å². The van der Waals surface area contributed by atoms with Crippen LogP contribution in [0.1, 0.15) is 51.4 Å². The lowest BCUT2D eigenvalue weighted by Gasteiger charge is -2.27. The summed E-state index contributed by atoms with van der Waals surface area (Å²) < 4.78 is 11.9.